The molecule has 108 valence electrons. The number of pyridine rings is 1. The number of halogens is 2. The van der Waals surface area contributed by atoms with Gasteiger partial charge in [-0.15, -0.1) is 0 Å². The molecule has 4 nitrogen and oxygen atoms in total. The average molecular weight is 429 g/mol. The number of carbonyl (C=O) groups is 1. The summed E-state index contributed by atoms with van der Waals surface area (Å²) in [7, 11) is 0. The van der Waals surface area contributed by atoms with Crippen LogP contribution in [0.25, 0.3) is 0 Å². The topological polar surface area (TPSA) is 54.0 Å². The molecule has 0 atom stereocenters. The number of benzene rings is 1. The molecule has 0 fully saturated rings. The molecule has 0 aliphatic rings. The van der Waals surface area contributed by atoms with Gasteiger partial charge in [0, 0.05) is 10.0 Å². The minimum Gasteiger partial charge on any atom is -0.316 e. The zero-order valence-corrected chi connectivity index (χ0v) is 15.0. The number of aryl methyl sites for hydroxylation is 1. The maximum absolute atomic E-state index is 12.0. The van der Waals surface area contributed by atoms with E-state index in [0.29, 0.717) is 11.4 Å². The van der Waals surface area contributed by atoms with Gasteiger partial charge < -0.3 is 5.32 Å². The standard InChI is InChI=1S/C14H11Br2N3OS/c1-8-10(15)7-11(16)12(17-8)18-14(21)19-13(20)9-5-3-2-4-6-9/h2-7H,1H3,(H2,17,18,19,20,21). The van der Waals surface area contributed by atoms with Crippen molar-refractivity contribution in [3.8, 4) is 0 Å². The van der Waals surface area contributed by atoms with Crippen LogP contribution in [0.5, 0.6) is 0 Å². The fourth-order valence-electron chi connectivity index (χ4n) is 1.55. The number of hydrogen-bond donors (Lipinski definition) is 2. The fraction of sp³-hybridized carbons (Fsp3) is 0.0714. The molecule has 2 rings (SSSR count). The van der Waals surface area contributed by atoms with Crippen LogP contribution in [-0.4, -0.2) is 16.0 Å². The van der Waals surface area contributed by atoms with Crippen molar-refractivity contribution in [1.82, 2.24) is 10.3 Å². The highest BCUT2D eigenvalue weighted by molar-refractivity contribution is 9.11. The first-order valence-electron chi connectivity index (χ1n) is 5.97. The van der Waals surface area contributed by atoms with Crippen LogP contribution in [0.15, 0.2) is 45.3 Å². The van der Waals surface area contributed by atoms with Crippen LogP contribution < -0.4 is 10.6 Å². The Bertz CT molecular complexity index is 692. The predicted molar refractivity (Wildman–Crippen MR) is 94.5 cm³/mol. The minimum absolute atomic E-state index is 0.193. The number of nitrogens with zero attached hydrogens (tertiary/aromatic N) is 1. The molecule has 7 heteroatoms. The summed E-state index contributed by atoms with van der Waals surface area (Å²) in [5, 5.41) is 5.71. The highest BCUT2D eigenvalue weighted by Crippen LogP contribution is 2.26. The first-order valence-corrected chi connectivity index (χ1v) is 7.97. The Kier molecular flexibility index (Phi) is 5.44. The smallest absolute Gasteiger partial charge is 0.257 e. The molecule has 1 amide bonds. The Morgan fingerprint density at radius 2 is 1.86 bits per heavy atom. The molecule has 0 radical (unpaired) electrons. The molecule has 1 aromatic heterocycles. The van der Waals surface area contributed by atoms with Crippen molar-refractivity contribution in [3.05, 3.63) is 56.6 Å². The van der Waals surface area contributed by atoms with E-state index < -0.39 is 0 Å². The van der Waals surface area contributed by atoms with Crippen LogP contribution in [0.4, 0.5) is 5.82 Å². The highest BCUT2D eigenvalue weighted by Gasteiger charge is 2.10. The van der Waals surface area contributed by atoms with Crippen molar-refractivity contribution in [2.75, 3.05) is 5.32 Å². The van der Waals surface area contributed by atoms with Crippen LogP contribution in [0, 0.1) is 6.92 Å². The van der Waals surface area contributed by atoms with Gasteiger partial charge in [0.25, 0.3) is 5.91 Å². The lowest BCUT2D eigenvalue weighted by Crippen LogP contribution is -2.34. The Labute approximate surface area is 144 Å². The van der Waals surface area contributed by atoms with Crippen LogP contribution in [0.3, 0.4) is 0 Å². The van der Waals surface area contributed by atoms with Gasteiger partial charge in [-0.1, -0.05) is 18.2 Å². The van der Waals surface area contributed by atoms with E-state index in [1.54, 1.807) is 24.3 Å². The first kappa shape index (κ1) is 16.1. The second kappa shape index (κ2) is 7.11. The Morgan fingerprint density at radius 1 is 1.19 bits per heavy atom. The lowest BCUT2D eigenvalue weighted by molar-refractivity contribution is 0.0978. The molecule has 0 spiro atoms. The van der Waals surface area contributed by atoms with E-state index in [9.17, 15) is 4.79 Å². The maximum Gasteiger partial charge on any atom is 0.257 e. The predicted octanol–water partition coefficient (Wildman–Crippen LogP) is 4.04. The van der Waals surface area contributed by atoms with Gasteiger partial charge in [-0.05, 0) is 69.2 Å². The van der Waals surface area contributed by atoms with Gasteiger partial charge in [0.2, 0.25) is 0 Å². The summed E-state index contributed by atoms with van der Waals surface area (Å²) >= 11 is 11.9. The number of aromatic nitrogens is 1. The Morgan fingerprint density at radius 3 is 2.52 bits per heavy atom. The summed E-state index contributed by atoms with van der Waals surface area (Å²) in [6.45, 7) is 1.87. The van der Waals surface area contributed by atoms with Gasteiger partial charge >= 0.3 is 0 Å². The molecule has 1 aromatic carbocycles. The molecule has 0 unspecified atom stereocenters. The van der Waals surface area contributed by atoms with Crippen molar-refractivity contribution in [2.24, 2.45) is 0 Å². The van der Waals surface area contributed by atoms with Gasteiger partial charge in [0.15, 0.2) is 5.11 Å². The summed E-state index contributed by atoms with van der Waals surface area (Å²) in [5.41, 5.74) is 1.36. The number of hydrogen-bond acceptors (Lipinski definition) is 3. The summed E-state index contributed by atoms with van der Waals surface area (Å²) < 4.78 is 1.63. The number of carbonyl (C=O) groups excluding carboxylic acids is 1. The number of anilines is 1. The number of nitrogens with one attached hydrogen (secondary N) is 2. The summed E-state index contributed by atoms with van der Waals surface area (Å²) in [6, 6.07) is 10.7. The largest absolute Gasteiger partial charge is 0.316 e. The van der Waals surface area contributed by atoms with Gasteiger partial charge in [-0.2, -0.15) is 0 Å². The van der Waals surface area contributed by atoms with E-state index in [0.717, 1.165) is 14.6 Å². The van der Waals surface area contributed by atoms with Crippen molar-refractivity contribution in [2.45, 2.75) is 6.92 Å². The van der Waals surface area contributed by atoms with Crippen molar-refractivity contribution in [3.63, 3.8) is 0 Å². The van der Waals surface area contributed by atoms with Crippen LogP contribution in [-0.2, 0) is 0 Å². The molecule has 0 saturated carbocycles. The van der Waals surface area contributed by atoms with Crippen LogP contribution in [0.1, 0.15) is 16.1 Å². The third-order valence-electron chi connectivity index (χ3n) is 2.60. The summed E-state index contributed by atoms with van der Waals surface area (Å²) in [6.07, 6.45) is 0. The molecule has 2 aromatic rings. The zero-order chi connectivity index (χ0) is 15.4. The number of thiocarbonyl (C=S) groups is 1. The molecule has 1 heterocycles. The normalized spacial score (nSPS) is 10.0. The molecule has 0 saturated heterocycles. The third kappa shape index (κ3) is 4.33. The molecular weight excluding hydrogens is 418 g/mol. The molecule has 21 heavy (non-hydrogen) atoms. The van der Waals surface area contributed by atoms with E-state index in [-0.39, 0.29) is 11.0 Å². The van der Waals surface area contributed by atoms with E-state index >= 15 is 0 Å². The lowest BCUT2D eigenvalue weighted by atomic mass is 10.2. The van der Waals surface area contributed by atoms with Crippen molar-refractivity contribution >= 4 is 60.9 Å². The zero-order valence-electron chi connectivity index (χ0n) is 11.0. The number of rotatable bonds is 2. The van der Waals surface area contributed by atoms with Crippen molar-refractivity contribution < 1.29 is 4.79 Å². The Hall–Kier alpha value is -1.31. The minimum atomic E-state index is -0.266. The van der Waals surface area contributed by atoms with Gasteiger partial charge in [-0.3, -0.25) is 10.1 Å². The SMILES string of the molecule is Cc1nc(NC(=S)NC(=O)c2ccccc2)c(Br)cc1Br. The van der Waals surface area contributed by atoms with Gasteiger partial charge in [-0.25, -0.2) is 4.98 Å². The quantitative estimate of drug-likeness (QED) is 0.708. The molecular formula is C14H11Br2N3OS. The third-order valence-corrected chi connectivity index (χ3v) is 4.21. The highest BCUT2D eigenvalue weighted by atomic mass is 79.9. The van der Waals surface area contributed by atoms with E-state index in [1.807, 2.05) is 19.1 Å². The van der Waals surface area contributed by atoms with E-state index in [4.69, 9.17) is 12.2 Å². The molecule has 0 bridgehead atoms. The second-order valence-corrected chi connectivity index (χ2v) is 6.28. The van der Waals surface area contributed by atoms with E-state index in [1.165, 1.54) is 0 Å². The molecule has 0 aliphatic carbocycles. The first-order chi connectivity index (χ1) is 9.97. The molecule has 2 N–H and O–H groups in total. The van der Waals surface area contributed by atoms with Crippen molar-refractivity contribution in [1.29, 1.82) is 0 Å². The fourth-order valence-corrected chi connectivity index (χ4v) is 2.78. The second-order valence-electron chi connectivity index (χ2n) is 4.16. The van der Waals surface area contributed by atoms with Crippen LogP contribution in [0.2, 0.25) is 0 Å². The monoisotopic (exact) mass is 427 g/mol. The molecule has 0 aliphatic heterocycles. The van der Waals surface area contributed by atoms with Crippen LogP contribution >= 0.6 is 44.1 Å². The maximum atomic E-state index is 12.0. The number of amides is 1. The van der Waals surface area contributed by atoms with E-state index in [2.05, 4.69) is 47.5 Å². The van der Waals surface area contributed by atoms with Gasteiger partial charge in [0.05, 0.1) is 10.2 Å². The lowest BCUT2D eigenvalue weighted by Gasteiger charge is -2.11. The average Bonchev–Trinajstić information content (AvgIpc) is 2.45. The summed E-state index contributed by atoms with van der Waals surface area (Å²) in [4.78, 5) is 16.3. The Balaban J connectivity index is 2.06. The summed E-state index contributed by atoms with van der Waals surface area (Å²) in [5.74, 6) is 0.284. The van der Waals surface area contributed by atoms with Gasteiger partial charge in [0.1, 0.15) is 5.82 Å².